The van der Waals surface area contributed by atoms with Gasteiger partial charge in [0.1, 0.15) is 18.1 Å². The van der Waals surface area contributed by atoms with Gasteiger partial charge in [-0.1, -0.05) is 83.3 Å². The number of anilines is 1. The van der Waals surface area contributed by atoms with Crippen molar-refractivity contribution in [2.45, 2.75) is 29.7 Å². The molecule has 2 heterocycles. The number of ketones is 1. The van der Waals surface area contributed by atoms with Gasteiger partial charge in [-0.15, -0.1) is 10.2 Å². The maximum Gasteiger partial charge on any atom is 0.301 e. The third kappa shape index (κ3) is 6.90. The molecule has 12 heteroatoms. The number of rotatable bonds is 10. The number of aromatic hydroxyl groups is 1. The van der Waals surface area contributed by atoms with E-state index in [2.05, 4.69) is 26.1 Å². The lowest BCUT2D eigenvalue weighted by Crippen LogP contribution is -2.29. The fourth-order valence-corrected chi connectivity index (χ4v) is 7.45. The van der Waals surface area contributed by atoms with Gasteiger partial charge in [-0.2, -0.15) is 0 Å². The average molecular weight is 731 g/mol. The predicted octanol–water partition coefficient (Wildman–Crippen LogP) is 7.82. The highest BCUT2D eigenvalue weighted by molar-refractivity contribution is 9.10. The number of halogens is 1. The van der Waals surface area contributed by atoms with Crippen LogP contribution < -0.4 is 14.4 Å². The number of hydrogen-bond acceptors (Lipinski definition) is 10. The van der Waals surface area contributed by atoms with E-state index in [1.165, 1.54) is 41.2 Å². The minimum Gasteiger partial charge on any atom is -0.507 e. The van der Waals surface area contributed by atoms with E-state index in [1.54, 1.807) is 30.3 Å². The molecule has 1 unspecified atom stereocenters. The molecule has 0 spiro atoms. The Morgan fingerprint density at radius 1 is 0.979 bits per heavy atom. The summed E-state index contributed by atoms with van der Waals surface area (Å²) in [5.41, 5.74) is 3.83. The quantitative estimate of drug-likeness (QED) is 0.0487. The van der Waals surface area contributed by atoms with Crippen LogP contribution in [-0.4, -0.2) is 39.2 Å². The normalized spacial score (nSPS) is 15.6. The lowest BCUT2D eigenvalue weighted by atomic mass is 9.95. The molecule has 47 heavy (non-hydrogen) atoms. The van der Waals surface area contributed by atoms with Crippen LogP contribution in [0, 0.1) is 6.92 Å². The largest absolute Gasteiger partial charge is 0.507 e. The second-order valence-electron chi connectivity index (χ2n) is 10.6. The number of carbonyl (C=O) groups is 2. The van der Waals surface area contributed by atoms with E-state index in [0.717, 1.165) is 16.7 Å². The standard InChI is InChI=1S/C35H28BrN3O6S2/c1-20-7-6-10-22(15-20)18-45-25-13-11-23(12-14-25)30(40)28-29(24-16-26(36)31(41)27(17-24)44-2)39(33(43)32(28)42)34-37-38-35(47-34)46-19-21-8-4-3-5-9-21/h3-17,29,40-41H,18-19H2,1-2H3. The van der Waals surface area contributed by atoms with Crippen molar-refractivity contribution in [2.24, 2.45) is 0 Å². The number of nitrogens with zero attached hydrogens (tertiary/aromatic N) is 3. The summed E-state index contributed by atoms with van der Waals surface area (Å²) in [4.78, 5) is 28.6. The number of carbonyl (C=O) groups excluding carboxylic acids is 2. The zero-order chi connectivity index (χ0) is 33.1. The number of Topliss-reactive ketones (excluding diaryl/α,β-unsaturated/α-hetero) is 1. The number of methoxy groups -OCH3 is 1. The van der Waals surface area contributed by atoms with Gasteiger partial charge in [0.05, 0.1) is 23.2 Å². The first-order valence-corrected chi connectivity index (χ1v) is 17.0. The number of ether oxygens (including phenoxy) is 2. The van der Waals surface area contributed by atoms with Crippen LogP contribution in [0.4, 0.5) is 5.13 Å². The molecule has 238 valence electrons. The summed E-state index contributed by atoms with van der Waals surface area (Å²) in [5.74, 6) is -0.937. The molecule has 0 radical (unpaired) electrons. The molecule has 1 aliphatic heterocycles. The van der Waals surface area contributed by atoms with E-state index in [9.17, 15) is 19.8 Å². The van der Waals surface area contributed by atoms with Crippen LogP contribution in [0.1, 0.15) is 33.9 Å². The monoisotopic (exact) mass is 729 g/mol. The Morgan fingerprint density at radius 3 is 2.45 bits per heavy atom. The molecule has 0 saturated carbocycles. The molecule has 0 aliphatic carbocycles. The van der Waals surface area contributed by atoms with Gasteiger partial charge in [-0.3, -0.25) is 14.5 Å². The van der Waals surface area contributed by atoms with E-state index in [0.29, 0.717) is 33.6 Å². The van der Waals surface area contributed by atoms with E-state index in [-0.39, 0.29) is 32.4 Å². The molecule has 1 amide bonds. The van der Waals surface area contributed by atoms with Crippen molar-refractivity contribution in [3.63, 3.8) is 0 Å². The third-order valence-electron chi connectivity index (χ3n) is 7.45. The van der Waals surface area contributed by atoms with Crippen molar-refractivity contribution in [2.75, 3.05) is 12.0 Å². The lowest BCUT2D eigenvalue weighted by Gasteiger charge is -2.23. The third-order valence-corrected chi connectivity index (χ3v) is 10.2. The van der Waals surface area contributed by atoms with Gasteiger partial charge < -0.3 is 19.7 Å². The molecule has 1 aliphatic rings. The van der Waals surface area contributed by atoms with Crippen molar-refractivity contribution < 1.29 is 29.3 Å². The van der Waals surface area contributed by atoms with Gasteiger partial charge in [0.2, 0.25) is 5.13 Å². The Balaban J connectivity index is 1.35. The van der Waals surface area contributed by atoms with Crippen molar-refractivity contribution in [1.29, 1.82) is 0 Å². The Hall–Kier alpha value is -4.65. The average Bonchev–Trinajstić information content (AvgIpc) is 3.66. The fraction of sp³-hybridized carbons (Fsp3) is 0.143. The number of amides is 1. The summed E-state index contributed by atoms with van der Waals surface area (Å²) >= 11 is 5.97. The summed E-state index contributed by atoms with van der Waals surface area (Å²) < 4.78 is 12.2. The highest BCUT2D eigenvalue weighted by Gasteiger charge is 2.48. The van der Waals surface area contributed by atoms with Crippen molar-refractivity contribution >= 4 is 61.6 Å². The molecule has 1 saturated heterocycles. The van der Waals surface area contributed by atoms with Gasteiger partial charge in [-0.05, 0) is 75.9 Å². The predicted molar refractivity (Wildman–Crippen MR) is 185 cm³/mol. The van der Waals surface area contributed by atoms with Gasteiger partial charge in [0.25, 0.3) is 5.78 Å². The maximum absolute atomic E-state index is 13.7. The van der Waals surface area contributed by atoms with Crippen LogP contribution in [0.3, 0.4) is 0 Å². The second-order valence-corrected chi connectivity index (χ2v) is 13.7. The van der Waals surface area contributed by atoms with Crippen LogP contribution in [0.2, 0.25) is 0 Å². The van der Waals surface area contributed by atoms with Crippen molar-refractivity contribution in [3.05, 3.63) is 129 Å². The number of hydrogen-bond donors (Lipinski definition) is 2. The summed E-state index contributed by atoms with van der Waals surface area (Å²) in [7, 11) is 1.39. The van der Waals surface area contributed by atoms with Gasteiger partial charge >= 0.3 is 5.91 Å². The van der Waals surface area contributed by atoms with E-state index >= 15 is 0 Å². The Labute approximate surface area is 287 Å². The topological polar surface area (TPSA) is 122 Å². The maximum atomic E-state index is 13.7. The molecule has 2 N–H and O–H groups in total. The van der Waals surface area contributed by atoms with Crippen molar-refractivity contribution in [3.8, 4) is 17.2 Å². The van der Waals surface area contributed by atoms with Gasteiger partial charge in [0.15, 0.2) is 15.8 Å². The number of aryl methyl sites for hydroxylation is 1. The molecule has 5 aromatic rings. The van der Waals surface area contributed by atoms with Gasteiger partial charge in [0, 0.05) is 11.3 Å². The second kappa shape index (κ2) is 14.0. The van der Waals surface area contributed by atoms with Crippen LogP contribution in [0.15, 0.2) is 105 Å². The van der Waals surface area contributed by atoms with E-state index < -0.39 is 17.7 Å². The Bertz CT molecular complexity index is 1980. The van der Waals surface area contributed by atoms with Crippen molar-refractivity contribution in [1.82, 2.24) is 10.2 Å². The van der Waals surface area contributed by atoms with Crippen LogP contribution in [-0.2, 0) is 21.9 Å². The van der Waals surface area contributed by atoms with E-state index in [1.807, 2.05) is 61.5 Å². The molecule has 1 atom stereocenters. The van der Waals surface area contributed by atoms with Crippen LogP contribution in [0.25, 0.3) is 5.76 Å². The molecule has 9 nitrogen and oxygen atoms in total. The number of phenolic OH excluding ortho intramolecular Hbond substituents is 1. The SMILES string of the molecule is COc1cc(C2C(=C(O)c3ccc(OCc4cccc(C)c4)cc3)C(=O)C(=O)N2c2nnc(SCc3ccccc3)s2)cc(Br)c1O. The number of benzene rings is 4. The van der Waals surface area contributed by atoms with Crippen LogP contribution >= 0.6 is 39.0 Å². The summed E-state index contributed by atoms with van der Waals surface area (Å²) in [6.07, 6.45) is 0. The zero-order valence-electron chi connectivity index (χ0n) is 25.2. The Morgan fingerprint density at radius 2 is 1.72 bits per heavy atom. The molecule has 6 rings (SSSR count). The summed E-state index contributed by atoms with van der Waals surface area (Å²) in [5, 5.41) is 30.8. The first-order chi connectivity index (χ1) is 22.7. The summed E-state index contributed by atoms with van der Waals surface area (Å²) in [6.45, 7) is 2.38. The highest BCUT2D eigenvalue weighted by Crippen LogP contribution is 2.47. The summed E-state index contributed by atoms with van der Waals surface area (Å²) in [6, 6.07) is 26.5. The fourth-order valence-electron chi connectivity index (χ4n) is 5.16. The highest BCUT2D eigenvalue weighted by atomic mass is 79.9. The smallest absolute Gasteiger partial charge is 0.301 e. The minimum atomic E-state index is -1.10. The molecule has 1 aromatic heterocycles. The van der Waals surface area contributed by atoms with Crippen LogP contribution in [0.5, 0.6) is 17.2 Å². The molecule has 0 bridgehead atoms. The number of aliphatic hydroxyl groups excluding tert-OH is 1. The minimum absolute atomic E-state index is 0.117. The molecule has 4 aromatic carbocycles. The number of aliphatic hydroxyl groups is 1. The first-order valence-electron chi connectivity index (χ1n) is 14.4. The molecular formula is C35H28BrN3O6S2. The van der Waals surface area contributed by atoms with E-state index in [4.69, 9.17) is 9.47 Å². The lowest BCUT2D eigenvalue weighted by molar-refractivity contribution is -0.132. The Kier molecular flexibility index (Phi) is 9.62. The molecule has 1 fully saturated rings. The molecular weight excluding hydrogens is 702 g/mol. The number of thioether (sulfide) groups is 1. The van der Waals surface area contributed by atoms with Gasteiger partial charge in [-0.25, -0.2) is 0 Å². The number of aromatic nitrogens is 2. The number of phenols is 1. The first kappa shape index (κ1) is 32.3. The zero-order valence-corrected chi connectivity index (χ0v) is 28.4.